The van der Waals surface area contributed by atoms with Crippen LogP contribution in [0.2, 0.25) is 0 Å². The molecule has 2 rings (SSSR count). The first-order valence-electron chi connectivity index (χ1n) is 5.07. The lowest BCUT2D eigenvalue weighted by Gasteiger charge is -2.27. The minimum Gasteiger partial charge on any atom is -0.394 e. The highest BCUT2D eigenvalue weighted by Gasteiger charge is 2.30. The predicted octanol–water partition coefficient (Wildman–Crippen LogP) is -1.16. The normalized spacial score (nSPS) is 42.0. The highest BCUT2D eigenvalue weighted by molar-refractivity contribution is 4.67. The van der Waals surface area contributed by atoms with Gasteiger partial charge < -0.3 is 29.2 Å². The van der Waals surface area contributed by atoms with E-state index in [1.807, 2.05) is 0 Å². The van der Waals surface area contributed by atoms with E-state index >= 15 is 0 Å². The van der Waals surface area contributed by atoms with Crippen molar-refractivity contribution in [3.8, 4) is 0 Å². The molecule has 6 heteroatoms. The molecule has 0 aromatic heterocycles. The van der Waals surface area contributed by atoms with Gasteiger partial charge in [-0.15, -0.1) is 0 Å². The van der Waals surface area contributed by atoms with Crippen molar-refractivity contribution in [3.05, 3.63) is 0 Å². The van der Waals surface area contributed by atoms with Crippen LogP contribution in [0.15, 0.2) is 0 Å². The van der Waals surface area contributed by atoms with Crippen molar-refractivity contribution in [2.45, 2.75) is 31.2 Å². The summed E-state index contributed by atoms with van der Waals surface area (Å²) in [6.45, 7) is 0.916. The summed E-state index contributed by atoms with van der Waals surface area (Å²) in [7, 11) is 0. The first-order valence-corrected chi connectivity index (χ1v) is 5.07. The van der Waals surface area contributed by atoms with Crippen LogP contribution in [0.5, 0.6) is 0 Å². The fourth-order valence-electron chi connectivity index (χ4n) is 1.55. The molecule has 2 aliphatic rings. The molecule has 0 aliphatic carbocycles. The predicted molar refractivity (Wildman–Crippen MR) is 48.0 cm³/mol. The van der Waals surface area contributed by atoms with Crippen molar-refractivity contribution >= 4 is 0 Å². The molecule has 6 nitrogen and oxygen atoms in total. The molecule has 0 bridgehead atoms. The van der Waals surface area contributed by atoms with Crippen molar-refractivity contribution in [2.75, 3.05) is 26.4 Å². The Hall–Kier alpha value is -0.240. The van der Waals surface area contributed by atoms with E-state index in [9.17, 15) is 0 Å². The topological polar surface area (TPSA) is 77.4 Å². The zero-order valence-corrected chi connectivity index (χ0v) is 8.37. The number of ether oxygens (including phenoxy) is 4. The van der Waals surface area contributed by atoms with Crippen LogP contribution in [-0.4, -0.2) is 61.4 Å². The monoisotopic (exact) mass is 220 g/mol. The summed E-state index contributed by atoms with van der Waals surface area (Å²) in [6, 6.07) is 0. The average Bonchev–Trinajstić information content (AvgIpc) is 2.69. The van der Waals surface area contributed by atoms with Crippen molar-refractivity contribution in [1.29, 1.82) is 0 Å². The van der Waals surface area contributed by atoms with Crippen LogP contribution < -0.4 is 0 Å². The molecule has 0 spiro atoms. The van der Waals surface area contributed by atoms with Crippen molar-refractivity contribution in [2.24, 2.45) is 0 Å². The average molecular weight is 220 g/mol. The second-order valence-corrected chi connectivity index (χ2v) is 3.69. The summed E-state index contributed by atoms with van der Waals surface area (Å²) >= 11 is 0. The minimum atomic E-state index is -0.545. The number of aliphatic hydroxyl groups is 2. The zero-order chi connectivity index (χ0) is 10.7. The standard InChI is InChI=1S/C9H16O6/c10-2-7-5-14-9(15-7)1-8-12-3-6(11)4-13-8/h6-11H,1-5H2. The lowest BCUT2D eigenvalue weighted by Crippen LogP contribution is -2.37. The summed E-state index contributed by atoms with van der Waals surface area (Å²) in [5.41, 5.74) is 0. The maximum absolute atomic E-state index is 9.12. The van der Waals surface area contributed by atoms with Gasteiger partial charge in [-0.1, -0.05) is 0 Å². The lowest BCUT2D eigenvalue weighted by molar-refractivity contribution is -0.239. The molecule has 2 saturated heterocycles. The third-order valence-corrected chi connectivity index (χ3v) is 2.35. The SMILES string of the molecule is OCC1COC(CC2OCC(O)CO2)O1. The van der Waals surface area contributed by atoms with E-state index in [2.05, 4.69) is 0 Å². The molecular formula is C9H16O6. The van der Waals surface area contributed by atoms with Gasteiger partial charge in [-0.2, -0.15) is 0 Å². The van der Waals surface area contributed by atoms with Crippen LogP contribution in [0.1, 0.15) is 6.42 Å². The highest BCUT2D eigenvalue weighted by atomic mass is 16.7. The highest BCUT2D eigenvalue weighted by Crippen LogP contribution is 2.19. The van der Waals surface area contributed by atoms with Gasteiger partial charge in [0.25, 0.3) is 0 Å². The molecule has 88 valence electrons. The summed E-state index contributed by atoms with van der Waals surface area (Å²) in [4.78, 5) is 0. The van der Waals surface area contributed by atoms with Crippen LogP contribution in [0, 0.1) is 0 Å². The van der Waals surface area contributed by atoms with Gasteiger partial charge in [-0.25, -0.2) is 0 Å². The van der Waals surface area contributed by atoms with Gasteiger partial charge in [0.15, 0.2) is 12.6 Å². The molecule has 2 aliphatic heterocycles. The molecule has 2 heterocycles. The van der Waals surface area contributed by atoms with Crippen LogP contribution in [0.3, 0.4) is 0 Å². The van der Waals surface area contributed by atoms with E-state index in [1.54, 1.807) is 0 Å². The Morgan fingerprint density at radius 3 is 2.27 bits per heavy atom. The summed E-state index contributed by atoms with van der Waals surface area (Å²) in [5.74, 6) is 0. The van der Waals surface area contributed by atoms with Gasteiger partial charge in [0, 0.05) is 6.42 Å². The van der Waals surface area contributed by atoms with E-state index in [1.165, 1.54) is 0 Å². The Balaban J connectivity index is 1.69. The molecule has 2 atom stereocenters. The van der Waals surface area contributed by atoms with E-state index in [0.29, 0.717) is 13.0 Å². The van der Waals surface area contributed by atoms with Crippen LogP contribution in [-0.2, 0) is 18.9 Å². The van der Waals surface area contributed by atoms with E-state index in [4.69, 9.17) is 29.2 Å². The second-order valence-electron chi connectivity index (χ2n) is 3.69. The molecule has 15 heavy (non-hydrogen) atoms. The Bertz CT molecular complexity index is 191. The Morgan fingerprint density at radius 2 is 1.67 bits per heavy atom. The fraction of sp³-hybridized carbons (Fsp3) is 1.00. The molecule has 0 radical (unpaired) electrons. The van der Waals surface area contributed by atoms with Gasteiger partial charge >= 0.3 is 0 Å². The third-order valence-electron chi connectivity index (χ3n) is 2.35. The zero-order valence-electron chi connectivity index (χ0n) is 8.37. The number of rotatable bonds is 3. The maximum atomic E-state index is 9.12. The van der Waals surface area contributed by atoms with Crippen LogP contribution >= 0.6 is 0 Å². The molecule has 0 aromatic rings. The summed E-state index contributed by atoms with van der Waals surface area (Å²) in [5, 5.41) is 17.9. The quantitative estimate of drug-likeness (QED) is 0.625. The van der Waals surface area contributed by atoms with Gasteiger partial charge in [0.2, 0.25) is 0 Å². The smallest absolute Gasteiger partial charge is 0.163 e. The first-order chi connectivity index (χ1) is 7.28. The Kier molecular flexibility index (Phi) is 3.90. The summed E-state index contributed by atoms with van der Waals surface area (Å²) in [6.07, 6.45) is -1.11. The Labute approximate surface area is 87.7 Å². The van der Waals surface area contributed by atoms with E-state index < -0.39 is 12.4 Å². The molecule has 2 N–H and O–H groups in total. The molecular weight excluding hydrogens is 204 g/mol. The van der Waals surface area contributed by atoms with Gasteiger partial charge in [-0.05, 0) is 0 Å². The summed E-state index contributed by atoms with van der Waals surface area (Å²) < 4.78 is 21.1. The van der Waals surface area contributed by atoms with Crippen LogP contribution in [0.25, 0.3) is 0 Å². The minimum absolute atomic E-state index is 0.0401. The lowest BCUT2D eigenvalue weighted by atomic mass is 10.3. The largest absolute Gasteiger partial charge is 0.394 e. The second kappa shape index (κ2) is 5.20. The number of hydrogen-bond acceptors (Lipinski definition) is 6. The van der Waals surface area contributed by atoms with Crippen LogP contribution in [0.4, 0.5) is 0 Å². The molecule has 0 aromatic carbocycles. The fourth-order valence-corrected chi connectivity index (χ4v) is 1.55. The van der Waals surface area contributed by atoms with Crippen molar-refractivity contribution in [1.82, 2.24) is 0 Å². The molecule has 2 unspecified atom stereocenters. The van der Waals surface area contributed by atoms with Gasteiger partial charge in [0.1, 0.15) is 12.2 Å². The maximum Gasteiger partial charge on any atom is 0.163 e. The number of aliphatic hydroxyl groups excluding tert-OH is 2. The van der Waals surface area contributed by atoms with Crippen molar-refractivity contribution in [3.63, 3.8) is 0 Å². The van der Waals surface area contributed by atoms with E-state index in [-0.39, 0.29) is 32.2 Å². The van der Waals surface area contributed by atoms with Gasteiger partial charge in [-0.3, -0.25) is 0 Å². The van der Waals surface area contributed by atoms with Gasteiger partial charge in [0.05, 0.1) is 26.4 Å². The Morgan fingerprint density at radius 1 is 1.00 bits per heavy atom. The van der Waals surface area contributed by atoms with Crippen molar-refractivity contribution < 1.29 is 29.2 Å². The third kappa shape index (κ3) is 3.10. The molecule has 0 saturated carbocycles. The molecule has 2 fully saturated rings. The van der Waals surface area contributed by atoms with E-state index in [0.717, 1.165) is 0 Å². The first kappa shape index (κ1) is 11.3. The molecule has 0 amide bonds. The number of hydrogen-bond donors (Lipinski definition) is 2.